The fraction of sp³-hybridized carbons (Fsp3) is 0.158. The van der Waals surface area contributed by atoms with Gasteiger partial charge in [-0.3, -0.25) is 0 Å². The molecule has 4 nitrogen and oxygen atoms in total. The lowest BCUT2D eigenvalue weighted by molar-refractivity contribution is 0.298. The van der Waals surface area contributed by atoms with Gasteiger partial charge >= 0.3 is 0 Å². The standard InChI is InChI=1S/C19H16BrFN2O2S/c20-15-8-6-14(7-9-15)19-18-5-2-10-22(18)11-12-23(19)26(24,25)17-4-1-3-16(21)13-17/h1-10,13,19H,11-12H2/t19-/m0/s1. The van der Waals surface area contributed by atoms with Crippen molar-refractivity contribution in [1.29, 1.82) is 0 Å². The van der Waals surface area contributed by atoms with Crippen molar-refractivity contribution in [1.82, 2.24) is 8.87 Å². The third kappa shape index (κ3) is 3.00. The molecule has 1 aliphatic heterocycles. The Morgan fingerprint density at radius 1 is 1.00 bits per heavy atom. The highest BCUT2D eigenvalue weighted by atomic mass is 79.9. The van der Waals surface area contributed by atoms with Gasteiger partial charge in [0.2, 0.25) is 10.0 Å². The fourth-order valence-corrected chi connectivity index (χ4v) is 5.24. The van der Waals surface area contributed by atoms with E-state index in [9.17, 15) is 12.8 Å². The molecule has 0 unspecified atom stereocenters. The molecule has 0 bridgehead atoms. The first-order valence-electron chi connectivity index (χ1n) is 8.15. The van der Waals surface area contributed by atoms with E-state index in [-0.39, 0.29) is 4.90 Å². The Hall–Kier alpha value is -1.96. The molecule has 1 aromatic heterocycles. The number of hydrogen-bond acceptors (Lipinski definition) is 2. The van der Waals surface area contributed by atoms with Gasteiger partial charge in [-0.05, 0) is 48.0 Å². The van der Waals surface area contributed by atoms with Gasteiger partial charge in [0.05, 0.1) is 10.9 Å². The SMILES string of the molecule is O=S(=O)(c1cccc(F)c1)N1CCn2cccc2[C@@H]1c1ccc(Br)cc1. The molecule has 0 amide bonds. The van der Waals surface area contributed by atoms with Gasteiger partial charge in [-0.25, -0.2) is 12.8 Å². The van der Waals surface area contributed by atoms with Gasteiger partial charge in [0, 0.05) is 29.5 Å². The van der Waals surface area contributed by atoms with Gasteiger partial charge < -0.3 is 4.57 Å². The molecular weight excluding hydrogens is 419 g/mol. The van der Waals surface area contributed by atoms with Gasteiger partial charge in [-0.15, -0.1) is 0 Å². The van der Waals surface area contributed by atoms with E-state index in [1.165, 1.54) is 22.5 Å². The Balaban J connectivity index is 1.85. The summed E-state index contributed by atoms with van der Waals surface area (Å²) in [5, 5.41) is 0. The van der Waals surface area contributed by atoms with Crippen LogP contribution >= 0.6 is 15.9 Å². The molecular formula is C19H16BrFN2O2S. The van der Waals surface area contributed by atoms with Crippen molar-refractivity contribution >= 4 is 26.0 Å². The number of sulfonamides is 1. The first-order valence-corrected chi connectivity index (χ1v) is 10.4. The predicted octanol–water partition coefficient (Wildman–Crippen LogP) is 4.18. The molecule has 134 valence electrons. The molecule has 7 heteroatoms. The number of rotatable bonds is 3. The van der Waals surface area contributed by atoms with Crippen molar-refractivity contribution in [3.63, 3.8) is 0 Å². The molecule has 0 radical (unpaired) electrons. The summed E-state index contributed by atoms with van der Waals surface area (Å²) < 4.78 is 44.6. The van der Waals surface area contributed by atoms with Crippen LogP contribution in [0, 0.1) is 5.82 Å². The van der Waals surface area contributed by atoms with E-state index in [1.54, 1.807) is 0 Å². The summed E-state index contributed by atoms with van der Waals surface area (Å²) in [7, 11) is -3.84. The van der Waals surface area contributed by atoms with Gasteiger partial charge in [0.1, 0.15) is 5.82 Å². The molecule has 3 aromatic rings. The van der Waals surface area contributed by atoms with E-state index in [4.69, 9.17) is 0 Å². The highest BCUT2D eigenvalue weighted by Gasteiger charge is 2.37. The second-order valence-corrected chi connectivity index (χ2v) is 8.96. The second-order valence-electron chi connectivity index (χ2n) is 6.15. The first kappa shape index (κ1) is 17.5. The van der Waals surface area contributed by atoms with Crippen LogP contribution in [0.5, 0.6) is 0 Å². The van der Waals surface area contributed by atoms with Crippen molar-refractivity contribution < 1.29 is 12.8 Å². The lowest BCUT2D eigenvalue weighted by Gasteiger charge is -2.36. The Morgan fingerprint density at radius 3 is 2.50 bits per heavy atom. The zero-order valence-corrected chi connectivity index (χ0v) is 16.1. The first-order chi connectivity index (χ1) is 12.5. The van der Waals surface area contributed by atoms with E-state index in [1.807, 2.05) is 42.6 Å². The Labute approximate surface area is 160 Å². The van der Waals surface area contributed by atoms with E-state index >= 15 is 0 Å². The second kappa shape index (κ2) is 6.64. The van der Waals surface area contributed by atoms with E-state index in [0.29, 0.717) is 13.1 Å². The summed E-state index contributed by atoms with van der Waals surface area (Å²) in [6.07, 6.45) is 1.95. The largest absolute Gasteiger partial charge is 0.348 e. The summed E-state index contributed by atoms with van der Waals surface area (Å²) in [6, 6.07) is 16.2. The molecule has 0 fully saturated rings. The summed E-state index contributed by atoms with van der Waals surface area (Å²) in [5.41, 5.74) is 1.77. The molecule has 4 rings (SSSR count). The predicted molar refractivity (Wildman–Crippen MR) is 101 cm³/mol. The van der Waals surface area contributed by atoms with Crippen LogP contribution in [0.3, 0.4) is 0 Å². The number of benzene rings is 2. The number of hydrogen-bond donors (Lipinski definition) is 0. The monoisotopic (exact) mass is 434 g/mol. The molecule has 2 aromatic carbocycles. The molecule has 1 aliphatic rings. The van der Waals surface area contributed by atoms with Crippen LogP contribution in [0.25, 0.3) is 0 Å². The molecule has 0 aliphatic carbocycles. The summed E-state index contributed by atoms with van der Waals surface area (Å²) in [4.78, 5) is -0.0281. The smallest absolute Gasteiger partial charge is 0.244 e. The highest BCUT2D eigenvalue weighted by Crippen LogP contribution is 2.36. The van der Waals surface area contributed by atoms with Crippen molar-refractivity contribution in [2.45, 2.75) is 17.5 Å². The quantitative estimate of drug-likeness (QED) is 0.620. The minimum Gasteiger partial charge on any atom is -0.348 e. The minimum atomic E-state index is -3.84. The van der Waals surface area contributed by atoms with Gasteiger partial charge in [-0.2, -0.15) is 4.31 Å². The van der Waals surface area contributed by atoms with Crippen LogP contribution in [-0.2, 0) is 16.6 Å². The van der Waals surface area contributed by atoms with Gasteiger partial charge in [0.15, 0.2) is 0 Å². The van der Waals surface area contributed by atoms with E-state index < -0.39 is 21.9 Å². The normalized spacial score (nSPS) is 17.8. The molecule has 0 saturated heterocycles. The zero-order chi connectivity index (χ0) is 18.3. The van der Waals surface area contributed by atoms with Crippen LogP contribution in [0.15, 0.2) is 76.2 Å². The number of aromatic nitrogens is 1. The maximum Gasteiger partial charge on any atom is 0.244 e. The molecule has 2 heterocycles. The number of nitrogens with zero attached hydrogens (tertiary/aromatic N) is 2. The highest BCUT2D eigenvalue weighted by molar-refractivity contribution is 9.10. The topological polar surface area (TPSA) is 42.3 Å². The van der Waals surface area contributed by atoms with Crippen LogP contribution in [0.2, 0.25) is 0 Å². The summed E-state index contributed by atoms with van der Waals surface area (Å²) in [5.74, 6) is -0.563. The zero-order valence-electron chi connectivity index (χ0n) is 13.7. The average Bonchev–Trinajstić information content (AvgIpc) is 3.10. The van der Waals surface area contributed by atoms with E-state index in [0.717, 1.165) is 21.8 Å². The number of halogens is 2. The van der Waals surface area contributed by atoms with Crippen LogP contribution < -0.4 is 0 Å². The van der Waals surface area contributed by atoms with Crippen molar-refractivity contribution in [3.8, 4) is 0 Å². The molecule has 26 heavy (non-hydrogen) atoms. The van der Waals surface area contributed by atoms with Crippen LogP contribution in [-0.4, -0.2) is 23.8 Å². The maximum absolute atomic E-state index is 13.6. The van der Waals surface area contributed by atoms with E-state index in [2.05, 4.69) is 20.5 Å². The van der Waals surface area contributed by atoms with Crippen molar-refractivity contribution in [3.05, 3.63) is 88.4 Å². The molecule has 0 N–H and O–H groups in total. The molecule has 0 spiro atoms. The summed E-state index contributed by atoms with van der Waals surface area (Å²) >= 11 is 3.41. The van der Waals surface area contributed by atoms with Crippen LogP contribution in [0.1, 0.15) is 17.3 Å². The third-order valence-electron chi connectivity index (χ3n) is 4.58. The van der Waals surface area contributed by atoms with Crippen molar-refractivity contribution in [2.75, 3.05) is 6.54 Å². The van der Waals surface area contributed by atoms with Crippen molar-refractivity contribution in [2.24, 2.45) is 0 Å². The lowest BCUT2D eigenvalue weighted by atomic mass is 10.0. The average molecular weight is 435 g/mol. The molecule has 0 saturated carbocycles. The molecule has 1 atom stereocenters. The maximum atomic E-state index is 13.6. The van der Waals surface area contributed by atoms with Gasteiger partial charge in [-0.1, -0.05) is 34.1 Å². The Morgan fingerprint density at radius 2 is 1.77 bits per heavy atom. The van der Waals surface area contributed by atoms with Crippen LogP contribution in [0.4, 0.5) is 4.39 Å². The summed E-state index contributed by atoms with van der Waals surface area (Å²) in [6.45, 7) is 0.880. The minimum absolute atomic E-state index is 0.0281. The third-order valence-corrected chi connectivity index (χ3v) is 6.97. The Bertz CT molecular complexity index is 1050. The number of fused-ring (bicyclic) bond motifs is 1. The fourth-order valence-electron chi connectivity index (χ4n) is 3.37. The Kier molecular flexibility index (Phi) is 4.46. The lowest BCUT2D eigenvalue weighted by Crippen LogP contribution is -2.42. The van der Waals surface area contributed by atoms with Gasteiger partial charge in [0.25, 0.3) is 0 Å².